The van der Waals surface area contributed by atoms with Gasteiger partial charge in [-0.1, -0.05) is 12.2 Å². The van der Waals surface area contributed by atoms with Gasteiger partial charge in [0.25, 0.3) is 0 Å². The molecule has 0 aliphatic heterocycles. The molecule has 0 saturated heterocycles. The summed E-state index contributed by atoms with van der Waals surface area (Å²) in [5.74, 6) is -0.203. The van der Waals surface area contributed by atoms with Gasteiger partial charge in [-0.05, 0) is 34.1 Å². The van der Waals surface area contributed by atoms with Gasteiger partial charge in [0.05, 0.1) is 6.42 Å². The molecule has 0 unspecified atom stereocenters. The summed E-state index contributed by atoms with van der Waals surface area (Å²) in [7, 11) is 0. The van der Waals surface area contributed by atoms with Crippen LogP contribution in [0, 0.1) is 6.42 Å². The average Bonchev–Trinajstić information content (AvgIpc) is 1.79. The minimum Gasteiger partial charge on any atom is -0.460 e. The Balaban J connectivity index is 3.68. The third-order valence-electron chi connectivity index (χ3n) is 1.04. The molecule has 2 heteroatoms. The van der Waals surface area contributed by atoms with Crippen molar-refractivity contribution in [3.05, 3.63) is 18.6 Å². The van der Waals surface area contributed by atoms with Crippen molar-refractivity contribution in [1.29, 1.82) is 0 Å². The van der Waals surface area contributed by atoms with Crippen molar-refractivity contribution in [3.63, 3.8) is 0 Å². The molecule has 0 rings (SSSR count). The molecule has 0 aromatic rings. The lowest BCUT2D eigenvalue weighted by Crippen LogP contribution is -2.23. The molecule has 0 aliphatic carbocycles. The van der Waals surface area contributed by atoms with Crippen LogP contribution in [-0.2, 0) is 9.53 Å². The fourth-order valence-corrected chi connectivity index (χ4v) is 0.641. The van der Waals surface area contributed by atoms with Crippen LogP contribution in [0.25, 0.3) is 0 Å². The van der Waals surface area contributed by atoms with Crippen LogP contribution in [0.1, 0.15) is 34.1 Å². The Kier molecular flexibility index (Phi) is 4.01. The normalized spacial score (nSPS) is 11.0. The van der Waals surface area contributed by atoms with Gasteiger partial charge in [-0.3, -0.25) is 4.79 Å². The van der Waals surface area contributed by atoms with Crippen LogP contribution in [0.15, 0.2) is 12.2 Å². The number of allylic oxidation sites excluding steroid dienone is 1. The number of rotatable bonds is 3. The van der Waals surface area contributed by atoms with Gasteiger partial charge in [0.2, 0.25) is 0 Å². The minimum absolute atomic E-state index is 0.203. The molecule has 0 N–H and O–H groups in total. The number of ether oxygens (including phenoxy) is 1. The topological polar surface area (TPSA) is 26.3 Å². The van der Waals surface area contributed by atoms with E-state index >= 15 is 0 Å². The highest BCUT2D eigenvalue weighted by molar-refractivity contribution is 5.71. The summed E-state index contributed by atoms with van der Waals surface area (Å²) in [6.07, 6.45) is 2.07. The van der Waals surface area contributed by atoms with Gasteiger partial charge in [0.1, 0.15) is 5.60 Å². The lowest BCUT2D eigenvalue weighted by Gasteiger charge is -2.19. The Morgan fingerprint density at radius 3 is 2.33 bits per heavy atom. The Morgan fingerprint density at radius 2 is 2.00 bits per heavy atom. The summed E-state index contributed by atoms with van der Waals surface area (Å²) in [4.78, 5) is 11.1. The summed E-state index contributed by atoms with van der Waals surface area (Å²) >= 11 is 0. The van der Waals surface area contributed by atoms with E-state index in [1.807, 2.05) is 27.7 Å². The Hall–Kier alpha value is -0.790. The first-order valence-electron chi connectivity index (χ1n) is 4.02. The predicted octanol–water partition coefficient (Wildman–Crippen LogP) is 2.50. The van der Waals surface area contributed by atoms with Gasteiger partial charge < -0.3 is 4.74 Å². The molecule has 0 aromatic carbocycles. The predicted molar refractivity (Wildman–Crippen MR) is 49.6 cm³/mol. The van der Waals surface area contributed by atoms with Crippen LogP contribution in [0.4, 0.5) is 0 Å². The second-order valence-electron chi connectivity index (χ2n) is 3.84. The van der Waals surface area contributed by atoms with E-state index in [0.29, 0.717) is 6.42 Å². The summed E-state index contributed by atoms with van der Waals surface area (Å²) < 4.78 is 5.08. The van der Waals surface area contributed by atoms with Crippen LogP contribution in [0.3, 0.4) is 0 Å². The minimum atomic E-state index is -0.389. The third kappa shape index (κ3) is 7.32. The summed E-state index contributed by atoms with van der Waals surface area (Å²) in [6, 6.07) is 0. The quantitative estimate of drug-likeness (QED) is 0.607. The van der Waals surface area contributed by atoms with E-state index in [2.05, 4.69) is 6.58 Å². The molecule has 0 saturated carbocycles. The van der Waals surface area contributed by atoms with Gasteiger partial charge in [-0.15, -0.1) is 0 Å². The fraction of sp³-hybridized carbons (Fsp3) is 0.600. The SMILES string of the molecule is C=C(C)[CH]CC(=O)OC(C)(C)C. The molecular weight excluding hydrogens is 152 g/mol. The lowest BCUT2D eigenvalue weighted by atomic mass is 10.1. The molecule has 0 heterocycles. The smallest absolute Gasteiger partial charge is 0.306 e. The van der Waals surface area contributed by atoms with Crippen molar-refractivity contribution in [2.24, 2.45) is 0 Å². The maximum atomic E-state index is 11.1. The molecule has 0 amide bonds. The van der Waals surface area contributed by atoms with Gasteiger partial charge in [0, 0.05) is 0 Å². The maximum absolute atomic E-state index is 11.1. The Morgan fingerprint density at radius 1 is 1.50 bits per heavy atom. The number of esters is 1. The van der Waals surface area contributed by atoms with Gasteiger partial charge in [0.15, 0.2) is 0 Å². The lowest BCUT2D eigenvalue weighted by molar-refractivity contribution is -0.153. The standard InChI is InChI=1S/C10H17O2/c1-8(2)6-7-9(11)12-10(3,4)5/h6H,1,7H2,2-5H3. The highest BCUT2D eigenvalue weighted by Crippen LogP contribution is 2.10. The van der Waals surface area contributed by atoms with E-state index in [-0.39, 0.29) is 11.6 Å². The molecule has 2 nitrogen and oxygen atoms in total. The molecule has 0 atom stereocenters. The number of hydrogen-bond acceptors (Lipinski definition) is 2. The van der Waals surface area contributed by atoms with E-state index < -0.39 is 0 Å². The molecule has 69 valence electrons. The largest absolute Gasteiger partial charge is 0.460 e. The van der Waals surface area contributed by atoms with Crippen LogP contribution in [0.5, 0.6) is 0 Å². The molecule has 1 radical (unpaired) electrons. The zero-order valence-corrected chi connectivity index (χ0v) is 8.31. The molecule has 0 aromatic heterocycles. The van der Waals surface area contributed by atoms with E-state index in [1.165, 1.54) is 0 Å². The second-order valence-corrected chi connectivity index (χ2v) is 3.84. The van der Waals surface area contributed by atoms with Crippen molar-refractivity contribution in [2.45, 2.75) is 39.7 Å². The first-order chi connectivity index (χ1) is 5.31. The van der Waals surface area contributed by atoms with Crippen molar-refractivity contribution < 1.29 is 9.53 Å². The van der Waals surface area contributed by atoms with E-state index in [9.17, 15) is 4.79 Å². The van der Waals surface area contributed by atoms with Crippen molar-refractivity contribution in [1.82, 2.24) is 0 Å². The Bertz CT molecular complexity index is 175. The zero-order chi connectivity index (χ0) is 9.78. The second kappa shape index (κ2) is 4.29. The number of carbonyl (C=O) groups excluding carboxylic acids is 1. The van der Waals surface area contributed by atoms with E-state index in [4.69, 9.17) is 4.74 Å². The average molecular weight is 169 g/mol. The molecule has 0 spiro atoms. The monoisotopic (exact) mass is 169 g/mol. The Labute approximate surface area is 74.6 Å². The van der Waals surface area contributed by atoms with Crippen LogP contribution >= 0.6 is 0 Å². The highest BCUT2D eigenvalue weighted by Gasteiger charge is 2.15. The zero-order valence-electron chi connectivity index (χ0n) is 8.31. The van der Waals surface area contributed by atoms with Gasteiger partial charge in [-0.2, -0.15) is 0 Å². The van der Waals surface area contributed by atoms with E-state index in [1.54, 1.807) is 6.42 Å². The number of hydrogen-bond donors (Lipinski definition) is 0. The summed E-state index contributed by atoms with van der Waals surface area (Å²) in [5.41, 5.74) is 0.501. The molecule has 0 bridgehead atoms. The van der Waals surface area contributed by atoms with Crippen LogP contribution in [0.2, 0.25) is 0 Å². The first kappa shape index (κ1) is 11.2. The highest BCUT2D eigenvalue weighted by atomic mass is 16.6. The van der Waals surface area contributed by atoms with Crippen molar-refractivity contribution >= 4 is 5.97 Å². The maximum Gasteiger partial charge on any atom is 0.306 e. The van der Waals surface area contributed by atoms with Gasteiger partial charge >= 0.3 is 5.97 Å². The molecule has 0 aliphatic rings. The number of carbonyl (C=O) groups is 1. The van der Waals surface area contributed by atoms with Crippen molar-refractivity contribution in [2.75, 3.05) is 0 Å². The molecule has 0 fully saturated rings. The molecular formula is C10H17O2. The third-order valence-corrected chi connectivity index (χ3v) is 1.04. The fourth-order valence-electron chi connectivity index (χ4n) is 0.641. The molecule has 12 heavy (non-hydrogen) atoms. The van der Waals surface area contributed by atoms with E-state index in [0.717, 1.165) is 5.57 Å². The van der Waals surface area contributed by atoms with Crippen LogP contribution in [-0.4, -0.2) is 11.6 Å². The summed E-state index contributed by atoms with van der Waals surface area (Å²) in [5, 5.41) is 0. The van der Waals surface area contributed by atoms with Gasteiger partial charge in [-0.25, -0.2) is 0 Å². The summed E-state index contributed by atoms with van der Waals surface area (Å²) in [6.45, 7) is 11.1. The van der Waals surface area contributed by atoms with Crippen molar-refractivity contribution in [3.8, 4) is 0 Å². The van der Waals surface area contributed by atoms with Crippen LogP contribution < -0.4 is 0 Å². The first-order valence-corrected chi connectivity index (χ1v) is 4.02.